The maximum Gasteiger partial charge on any atom is 0.251 e. The Hall–Kier alpha value is -1.44. The molecule has 0 saturated heterocycles. The second-order valence-corrected chi connectivity index (χ2v) is 7.81. The summed E-state index contributed by atoms with van der Waals surface area (Å²) in [6.45, 7) is 8.88. The van der Waals surface area contributed by atoms with Crippen LogP contribution in [-0.2, 0) is 10.0 Å². The van der Waals surface area contributed by atoms with E-state index < -0.39 is 10.0 Å². The number of carbonyl (C=O) groups is 1. The number of sulfonamides is 1. The molecule has 0 fully saturated rings. The smallest absolute Gasteiger partial charge is 0.251 e. The number of carbonyl (C=O) groups excluding carboxylic acids is 1. The van der Waals surface area contributed by atoms with Crippen LogP contribution in [0.4, 0.5) is 0 Å². The first kappa shape index (κ1) is 19.6. The number of nitrogens with one attached hydrogen (secondary N) is 2. The van der Waals surface area contributed by atoms with Crippen LogP contribution in [0.25, 0.3) is 0 Å². The van der Waals surface area contributed by atoms with Crippen molar-refractivity contribution in [1.82, 2.24) is 14.9 Å². The molecule has 0 spiro atoms. The first-order valence-electron chi connectivity index (χ1n) is 7.79. The third-order valence-electron chi connectivity index (χ3n) is 3.62. The number of rotatable bonds is 8. The topological polar surface area (TPSA) is 78.5 Å². The molecule has 0 unspecified atom stereocenters. The third kappa shape index (κ3) is 5.30. The summed E-state index contributed by atoms with van der Waals surface area (Å²) in [7, 11) is -2.06. The summed E-state index contributed by atoms with van der Waals surface area (Å²) in [4.78, 5) is 12.3. The van der Waals surface area contributed by atoms with Gasteiger partial charge in [-0.2, -0.15) is 4.31 Å². The van der Waals surface area contributed by atoms with Crippen LogP contribution in [0.1, 0.15) is 38.1 Å². The van der Waals surface area contributed by atoms with Crippen molar-refractivity contribution < 1.29 is 13.2 Å². The lowest BCUT2D eigenvalue weighted by atomic mass is 10.2. The molecular weight excluding hydrogens is 314 g/mol. The summed E-state index contributed by atoms with van der Waals surface area (Å²) in [5.41, 5.74) is 0.340. The zero-order chi connectivity index (χ0) is 17.6. The molecule has 2 N–H and O–H groups in total. The fraction of sp³-hybridized carbons (Fsp3) is 0.562. The van der Waals surface area contributed by atoms with Crippen LogP contribution in [0.5, 0.6) is 0 Å². The van der Waals surface area contributed by atoms with E-state index in [4.69, 9.17) is 0 Å². The zero-order valence-electron chi connectivity index (χ0n) is 14.5. The number of benzene rings is 1. The lowest BCUT2D eigenvalue weighted by Crippen LogP contribution is -2.38. The van der Waals surface area contributed by atoms with Gasteiger partial charge >= 0.3 is 0 Å². The predicted molar refractivity (Wildman–Crippen MR) is 92.0 cm³/mol. The molecule has 0 aliphatic carbocycles. The molecule has 23 heavy (non-hydrogen) atoms. The van der Waals surface area contributed by atoms with E-state index in [0.717, 1.165) is 6.54 Å². The van der Waals surface area contributed by atoms with E-state index in [0.29, 0.717) is 12.1 Å². The van der Waals surface area contributed by atoms with Gasteiger partial charge < -0.3 is 10.6 Å². The van der Waals surface area contributed by atoms with Crippen LogP contribution in [-0.4, -0.2) is 50.9 Å². The molecule has 0 bridgehead atoms. The highest BCUT2D eigenvalue weighted by Crippen LogP contribution is 2.17. The van der Waals surface area contributed by atoms with E-state index in [1.165, 1.54) is 23.5 Å². The summed E-state index contributed by atoms with van der Waals surface area (Å²) >= 11 is 0. The van der Waals surface area contributed by atoms with Crippen LogP contribution in [0.15, 0.2) is 29.2 Å². The molecule has 1 atom stereocenters. The highest BCUT2D eigenvalue weighted by atomic mass is 32.2. The Morgan fingerprint density at radius 2 is 1.91 bits per heavy atom. The molecule has 6 nitrogen and oxygen atoms in total. The monoisotopic (exact) mass is 341 g/mol. The van der Waals surface area contributed by atoms with Crippen molar-refractivity contribution in [1.29, 1.82) is 0 Å². The fourth-order valence-corrected chi connectivity index (χ4v) is 3.42. The van der Waals surface area contributed by atoms with Gasteiger partial charge in [0.2, 0.25) is 10.0 Å². The van der Waals surface area contributed by atoms with Gasteiger partial charge in [-0.3, -0.25) is 4.79 Å². The van der Waals surface area contributed by atoms with Gasteiger partial charge in [-0.25, -0.2) is 8.42 Å². The molecule has 1 rings (SSSR count). The van der Waals surface area contributed by atoms with E-state index >= 15 is 0 Å². The normalized spacial score (nSPS) is 13.3. The third-order valence-corrected chi connectivity index (χ3v) is 5.65. The molecule has 130 valence electrons. The maximum atomic E-state index is 12.5. The Bertz CT molecular complexity index is 629. The van der Waals surface area contributed by atoms with Gasteiger partial charge in [-0.05, 0) is 45.5 Å². The number of amides is 1. The van der Waals surface area contributed by atoms with Crippen molar-refractivity contribution in [3.8, 4) is 0 Å². The van der Waals surface area contributed by atoms with E-state index in [2.05, 4.69) is 10.6 Å². The summed E-state index contributed by atoms with van der Waals surface area (Å²) in [6.07, 6.45) is 0. The van der Waals surface area contributed by atoms with Crippen molar-refractivity contribution in [2.45, 2.75) is 44.7 Å². The molecule has 7 heteroatoms. The van der Waals surface area contributed by atoms with Crippen LogP contribution < -0.4 is 10.6 Å². The standard InChI is InChI=1S/C16H27N3O3S/c1-6-17-13(4)11-18-16(20)14-8-7-9-15(10-14)23(21,22)19(5)12(2)3/h7-10,12-13,17H,6,11H2,1-5H3,(H,18,20)/t13-/m1/s1. The number of likely N-dealkylation sites (N-methyl/N-ethyl adjacent to an activating group) is 1. The molecule has 1 aromatic rings. The quantitative estimate of drug-likeness (QED) is 0.750. The second kappa shape index (κ2) is 8.42. The molecule has 0 saturated carbocycles. The Morgan fingerprint density at radius 3 is 2.48 bits per heavy atom. The number of hydrogen-bond acceptors (Lipinski definition) is 4. The average Bonchev–Trinajstić information content (AvgIpc) is 2.52. The predicted octanol–water partition coefficient (Wildman–Crippen LogP) is 1.44. The van der Waals surface area contributed by atoms with Crippen LogP contribution >= 0.6 is 0 Å². The van der Waals surface area contributed by atoms with Crippen molar-refractivity contribution in [3.63, 3.8) is 0 Å². The SMILES string of the molecule is CCN[C@H](C)CNC(=O)c1cccc(S(=O)(=O)N(C)C(C)C)c1. The van der Waals surface area contributed by atoms with Crippen molar-refractivity contribution in [2.75, 3.05) is 20.1 Å². The lowest BCUT2D eigenvalue weighted by Gasteiger charge is -2.21. The highest BCUT2D eigenvalue weighted by Gasteiger charge is 2.23. The molecule has 0 aliphatic heterocycles. The summed E-state index contributed by atoms with van der Waals surface area (Å²) in [5, 5.41) is 6.00. The first-order valence-corrected chi connectivity index (χ1v) is 9.23. The van der Waals surface area contributed by atoms with Crippen molar-refractivity contribution in [2.24, 2.45) is 0 Å². The molecule has 0 aromatic heterocycles. The Labute approximate surface area is 139 Å². The van der Waals surface area contributed by atoms with Gasteiger partial charge in [0.1, 0.15) is 0 Å². The van der Waals surface area contributed by atoms with E-state index in [1.54, 1.807) is 26.0 Å². The molecular formula is C16H27N3O3S. The van der Waals surface area contributed by atoms with Crippen LogP contribution in [0.3, 0.4) is 0 Å². The summed E-state index contributed by atoms with van der Waals surface area (Å²) in [5.74, 6) is -0.279. The van der Waals surface area contributed by atoms with Gasteiger partial charge in [0.15, 0.2) is 0 Å². The van der Waals surface area contributed by atoms with Crippen LogP contribution in [0, 0.1) is 0 Å². The fourth-order valence-electron chi connectivity index (χ4n) is 2.01. The van der Waals surface area contributed by atoms with Crippen molar-refractivity contribution in [3.05, 3.63) is 29.8 Å². The minimum Gasteiger partial charge on any atom is -0.350 e. The largest absolute Gasteiger partial charge is 0.350 e. The second-order valence-electron chi connectivity index (χ2n) is 5.81. The van der Waals surface area contributed by atoms with E-state index in [9.17, 15) is 13.2 Å². The Balaban J connectivity index is 2.90. The Morgan fingerprint density at radius 1 is 1.26 bits per heavy atom. The summed E-state index contributed by atoms with van der Waals surface area (Å²) < 4.78 is 26.3. The molecule has 0 aliphatic rings. The lowest BCUT2D eigenvalue weighted by molar-refractivity contribution is 0.0950. The summed E-state index contributed by atoms with van der Waals surface area (Å²) in [6, 6.07) is 6.13. The van der Waals surface area contributed by atoms with E-state index in [1.807, 2.05) is 13.8 Å². The number of nitrogens with zero attached hydrogens (tertiary/aromatic N) is 1. The molecule has 0 radical (unpaired) electrons. The van der Waals surface area contributed by atoms with Gasteiger partial charge in [0, 0.05) is 31.2 Å². The van der Waals surface area contributed by atoms with E-state index in [-0.39, 0.29) is 22.9 Å². The zero-order valence-corrected chi connectivity index (χ0v) is 15.3. The molecule has 1 aromatic carbocycles. The first-order chi connectivity index (χ1) is 10.7. The minimum absolute atomic E-state index is 0.126. The highest BCUT2D eigenvalue weighted by molar-refractivity contribution is 7.89. The van der Waals surface area contributed by atoms with Gasteiger partial charge in [0.25, 0.3) is 5.91 Å². The average molecular weight is 341 g/mol. The molecule has 1 amide bonds. The minimum atomic E-state index is -3.59. The number of hydrogen-bond donors (Lipinski definition) is 2. The van der Waals surface area contributed by atoms with Gasteiger partial charge in [0.05, 0.1) is 4.90 Å². The van der Waals surface area contributed by atoms with Crippen molar-refractivity contribution >= 4 is 15.9 Å². The van der Waals surface area contributed by atoms with Crippen LogP contribution in [0.2, 0.25) is 0 Å². The van der Waals surface area contributed by atoms with Gasteiger partial charge in [-0.1, -0.05) is 13.0 Å². The Kier molecular flexibility index (Phi) is 7.18. The maximum absolute atomic E-state index is 12.5. The van der Waals surface area contributed by atoms with Gasteiger partial charge in [-0.15, -0.1) is 0 Å². The molecule has 0 heterocycles.